The average molecular weight is 254 g/mol. The van der Waals surface area contributed by atoms with Crippen molar-refractivity contribution in [3.8, 4) is 0 Å². The molecule has 1 saturated heterocycles. The van der Waals surface area contributed by atoms with Crippen LogP contribution in [0.1, 0.15) is 39.5 Å². The lowest BCUT2D eigenvalue weighted by atomic mass is 9.62. The first kappa shape index (κ1) is 13.8. The maximum absolute atomic E-state index is 12.3. The van der Waals surface area contributed by atoms with E-state index in [4.69, 9.17) is 10.5 Å². The van der Waals surface area contributed by atoms with Gasteiger partial charge in [-0.3, -0.25) is 4.79 Å². The van der Waals surface area contributed by atoms with Gasteiger partial charge in [0.05, 0.1) is 5.41 Å². The van der Waals surface area contributed by atoms with Gasteiger partial charge >= 0.3 is 0 Å². The molecule has 3 N–H and O–H groups in total. The number of nitrogens with one attached hydrogen (secondary N) is 1. The maximum Gasteiger partial charge on any atom is 0.227 e. The van der Waals surface area contributed by atoms with Crippen LogP contribution in [0.5, 0.6) is 0 Å². The largest absolute Gasteiger partial charge is 0.381 e. The lowest BCUT2D eigenvalue weighted by Gasteiger charge is -2.45. The smallest absolute Gasteiger partial charge is 0.227 e. The highest BCUT2D eigenvalue weighted by molar-refractivity contribution is 5.84. The topological polar surface area (TPSA) is 64.4 Å². The Morgan fingerprint density at radius 3 is 2.50 bits per heavy atom. The quantitative estimate of drug-likeness (QED) is 0.794. The number of rotatable bonds is 4. The van der Waals surface area contributed by atoms with E-state index in [0.29, 0.717) is 12.5 Å². The van der Waals surface area contributed by atoms with Crippen molar-refractivity contribution in [1.82, 2.24) is 5.32 Å². The molecule has 18 heavy (non-hydrogen) atoms. The molecule has 4 nitrogen and oxygen atoms in total. The van der Waals surface area contributed by atoms with Crippen LogP contribution < -0.4 is 11.1 Å². The molecule has 0 aromatic heterocycles. The Hall–Kier alpha value is -0.610. The van der Waals surface area contributed by atoms with E-state index in [0.717, 1.165) is 45.4 Å². The highest BCUT2D eigenvalue weighted by Gasteiger charge is 2.47. The van der Waals surface area contributed by atoms with Crippen LogP contribution in [0, 0.1) is 16.7 Å². The Bertz CT molecular complexity index is 305. The van der Waals surface area contributed by atoms with Crippen LogP contribution in [0.15, 0.2) is 0 Å². The minimum Gasteiger partial charge on any atom is -0.381 e. The molecule has 0 unspecified atom stereocenters. The molecule has 0 spiro atoms. The van der Waals surface area contributed by atoms with Crippen molar-refractivity contribution in [2.75, 3.05) is 26.3 Å². The molecule has 0 bridgehead atoms. The predicted molar refractivity (Wildman–Crippen MR) is 71.1 cm³/mol. The molecule has 0 radical (unpaired) electrons. The summed E-state index contributed by atoms with van der Waals surface area (Å²) in [5.74, 6) is 0.800. The van der Waals surface area contributed by atoms with E-state index >= 15 is 0 Å². The van der Waals surface area contributed by atoms with Crippen LogP contribution >= 0.6 is 0 Å². The summed E-state index contributed by atoms with van der Waals surface area (Å²) >= 11 is 0. The third kappa shape index (κ3) is 2.69. The number of carbonyl (C=O) groups excluding carboxylic acids is 1. The van der Waals surface area contributed by atoms with E-state index in [1.807, 2.05) is 0 Å². The fourth-order valence-electron chi connectivity index (χ4n) is 3.24. The van der Waals surface area contributed by atoms with E-state index in [1.165, 1.54) is 0 Å². The molecular formula is C14H26N2O2. The molecule has 2 fully saturated rings. The molecule has 1 saturated carbocycles. The fourth-order valence-corrected chi connectivity index (χ4v) is 3.24. The molecule has 1 aliphatic heterocycles. The minimum atomic E-state index is -0.277. The SMILES string of the molecule is CC1CC(CN)(C(=O)NCC2(C)CCOCC2)C1. The van der Waals surface area contributed by atoms with E-state index < -0.39 is 0 Å². The molecule has 0 atom stereocenters. The van der Waals surface area contributed by atoms with Crippen LogP contribution in [-0.2, 0) is 9.53 Å². The Labute approximate surface area is 110 Å². The molecule has 0 aromatic carbocycles. The van der Waals surface area contributed by atoms with Crippen LogP contribution in [-0.4, -0.2) is 32.2 Å². The van der Waals surface area contributed by atoms with Crippen molar-refractivity contribution in [2.24, 2.45) is 22.5 Å². The van der Waals surface area contributed by atoms with Gasteiger partial charge in [0, 0.05) is 26.3 Å². The average Bonchev–Trinajstić information content (AvgIpc) is 2.33. The highest BCUT2D eigenvalue weighted by atomic mass is 16.5. The number of hydrogen-bond donors (Lipinski definition) is 2. The zero-order valence-corrected chi connectivity index (χ0v) is 11.6. The summed E-state index contributed by atoms with van der Waals surface area (Å²) in [6.45, 7) is 7.26. The van der Waals surface area contributed by atoms with Gasteiger partial charge in [0.25, 0.3) is 0 Å². The van der Waals surface area contributed by atoms with E-state index in [-0.39, 0.29) is 16.7 Å². The van der Waals surface area contributed by atoms with E-state index in [1.54, 1.807) is 0 Å². The third-order valence-corrected chi connectivity index (χ3v) is 4.73. The summed E-state index contributed by atoms with van der Waals surface area (Å²) in [5.41, 5.74) is 5.71. The summed E-state index contributed by atoms with van der Waals surface area (Å²) in [7, 11) is 0. The Morgan fingerprint density at radius 2 is 2.00 bits per heavy atom. The van der Waals surface area contributed by atoms with Gasteiger partial charge in [-0.05, 0) is 37.0 Å². The lowest BCUT2D eigenvalue weighted by Crippen LogP contribution is -2.55. The molecule has 1 heterocycles. The molecule has 1 amide bonds. The Morgan fingerprint density at radius 1 is 1.39 bits per heavy atom. The van der Waals surface area contributed by atoms with Gasteiger partial charge in [0.15, 0.2) is 0 Å². The summed E-state index contributed by atoms with van der Waals surface area (Å²) in [6.07, 6.45) is 3.93. The van der Waals surface area contributed by atoms with Crippen molar-refractivity contribution >= 4 is 5.91 Å². The van der Waals surface area contributed by atoms with Gasteiger partial charge in [-0.25, -0.2) is 0 Å². The molecule has 104 valence electrons. The second kappa shape index (κ2) is 5.17. The van der Waals surface area contributed by atoms with E-state index in [9.17, 15) is 4.79 Å². The summed E-state index contributed by atoms with van der Waals surface area (Å²) in [6, 6.07) is 0. The van der Waals surface area contributed by atoms with Crippen LogP contribution in [0.3, 0.4) is 0 Å². The van der Waals surface area contributed by atoms with Gasteiger partial charge in [-0.2, -0.15) is 0 Å². The first-order valence-electron chi connectivity index (χ1n) is 7.06. The third-order valence-electron chi connectivity index (χ3n) is 4.73. The highest BCUT2D eigenvalue weighted by Crippen LogP contribution is 2.45. The minimum absolute atomic E-state index is 0.163. The van der Waals surface area contributed by atoms with Gasteiger partial charge in [0.1, 0.15) is 0 Å². The zero-order valence-electron chi connectivity index (χ0n) is 11.6. The maximum atomic E-state index is 12.3. The molecular weight excluding hydrogens is 228 g/mol. The second-order valence-corrected chi connectivity index (χ2v) is 6.60. The van der Waals surface area contributed by atoms with E-state index in [2.05, 4.69) is 19.2 Å². The number of hydrogen-bond acceptors (Lipinski definition) is 3. The number of amides is 1. The summed E-state index contributed by atoms with van der Waals surface area (Å²) in [5, 5.41) is 3.13. The van der Waals surface area contributed by atoms with Gasteiger partial charge in [-0.1, -0.05) is 13.8 Å². The van der Waals surface area contributed by atoms with Gasteiger partial charge < -0.3 is 15.8 Å². The number of carbonyl (C=O) groups is 1. The van der Waals surface area contributed by atoms with Crippen molar-refractivity contribution in [3.63, 3.8) is 0 Å². The van der Waals surface area contributed by atoms with Gasteiger partial charge in [-0.15, -0.1) is 0 Å². The van der Waals surface area contributed by atoms with Crippen molar-refractivity contribution in [3.05, 3.63) is 0 Å². The normalized spacial score (nSPS) is 34.7. The standard InChI is InChI=1S/C14H26N2O2/c1-11-7-14(8-11,9-15)12(17)16-10-13(2)3-5-18-6-4-13/h11H,3-10,15H2,1-2H3,(H,16,17). The van der Waals surface area contributed by atoms with Gasteiger partial charge in [0.2, 0.25) is 5.91 Å². The first-order chi connectivity index (χ1) is 8.50. The Kier molecular flexibility index (Phi) is 3.97. The fraction of sp³-hybridized carbons (Fsp3) is 0.929. The molecule has 2 rings (SSSR count). The lowest BCUT2D eigenvalue weighted by molar-refractivity contribution is -0.138. The van der Waals surface area contributed by atoms with Crippen molar-refractivity contribution in [1.29, 1.82) is 0 Å². The molecule has 2 aliphatic rings. The van der Waals surface area contributed by atoms with Crippen LogP contribution in [0.25, 0.3) is 0 Å². The zero-order chi connectivity index (χ0) is 13.2. The van der Waals surface area contributed by atoms with Crippen LogP contribution in [0.2, 0.25) is 0 Å². The Balaban J connectivity index is 1.84. The van der Waals surface area contributed by atoms with Crippen LogP contribution in [0.4, 0.5) is 0 Å². The molecule has 1 aliphatic carbocycles. The predicted octanol–water partition coefficient (Wildman–Crippen LogP) is 1.29. The molecule has 4 heteroatoms. The second-order valence-electron chi connectivity index (χ2n) is 6.60. The first-order valence-corrected chi connectivity index (χ1v) is 7.06. The number of nitrogens with two attached hydrogens (primary N) is 1. The number of ether oxygens (including phenoxy) is 1. The summed E-state index contributed by atoms with van der Waals surface area (Å²) < 4.78 is 5.37. The van der Waals surface area contributed by atoms with Crippen molar-refractivity contribution < 1.29 is 9.53 Å². The summed E-state index contributed by atoms with van der Waals surface area (Å²) in [4.78, 5) is 12.3. The molecule has 0 aromatic rings. The van der Waals surface area contributed by atoms with Crippen molar-refractivity contribution in [2.45, 2.75) is 39.5 Å². The monoisotopic (exact) mass is 254 g/mol.